The van der Waals surface area contributed by atoms with Crippen molar-refractivity contribution in [2.75, 3.05) is 5.32 Å². The number of hydrogen-bond acceptors (Lipinski definition) is 4. The van der Waals surface area contributed by atoms with Crippen LogP contribution in [0.2, 0.25) is 0 Å². The minimum absolute atomic E-state index is 0.0690. The summed E-state index contributed by atoms with van der Waals surface area (Å²) in [5.74, 6) is 1.15. The van der Waals surface area contributed by atoms with Gasteiger partial charge in [-0.15, -0.1) is 0 Å². The van der Waals surface area contributed by atoms with Crippen LogP contribution in [0.5, 0.6) is 11.5 Å². The van der Waals surface area contributed by atoms with Crippen LogP contribution < -0.4 is 10.1 Å². The van der Waals surface area contributed by atoms with Gasteiger partial charge in [-0.1, -0.05) is 28.1 Å². The van der Waals surface area contributed by atoms with E-state index in [-0.39, 0.29) is 18.1 Å². The van der Waals surface area contributed by atoms with Gasteiger partial charge in [0, 0.05) is 28.3 Å². The van der Waals surface area contributed by atoms with E-state index in [4.69, 9.17) is 9.47 Å². The second-order valence-corrected chi connectivity index (χ2v) is 8.59. The molecule has 1 heterocycles. The maximum absolute atomic E-state index is 12.8. The molecule has 1 unspecified atom stereocenters. The average Bonchev–Trinajstić information content (AvgIpc) is 2.67. The Morgan fingerprint density at radius 3 is 2.42 bits per heavy atom. The summed E-state index contributed by atoms with van der Waals surface area (Å²) in [5, 5.41) is 2.93. The fourth-order valence-electron chi connectivity index (χ4n) is 3.28. The molecule has 2 aromatic carbocycles. The number of nitrogens with one attached hydrogen (secondary N) is 1. The SMILES string of the molecule is Cc1nc(CC(C)OC(C)C)ccc1C(=O)Nc1cccc(Oc2cccc(Br)c2)c1. The van der Waals surface area contributed by atoms with E-state index in [9.17, 15) is 4.79 Å². The molecule has 3 aromatic rings. The van der Waals surface area contributed by atoms with Crippen LogP contribution in [0.1, 0.15) is 42.5 Å². The molecular formula is C25H27BrN2O3. The Morgan fingerprint density at radius 1 is 1.03 bits per heavy atom. The molecule has 1 N–H and O–H groups in total. The molecule has 0 aliphatic heterocycles. The number of aromatic nitrogens is 1. The number of halogens is 1. The van der Waals surface area contributed by atoms with E-state index >= 15 is 0 Å². The van der Waals surface area contributed by atoms with E-state index < -0.39 is 0 Å². The van der Waals surface area contributed by atoms with E-state index in [0.717, 1.165) is 10.2 Å². The molecule has 162 valence electrons. The number of carbonyl (C=O) groups excluding carboxylic acids is 1. The summed E-state index contributed by atoms with van der Waals surface area (Å²) in [4.78, 5) is 17.4. The second kappa shape index (κ2) is 10.6. The van der Waals surface area contributed by atoms with Crippen molar-refractivity contribution in [1.29, 1.82) is 0 Å². The summed E-state index contributed by atoms with van der Waals surface area (Å²) in [6.07, 6.45) is 0.944. The van der Waals surface area contributed by atoms with Crippen LogP contribution in [-0.2, 0) is 11.2 Å². The van der Waals surface area contributed by atoms with Crippen molar-refractivity contribution in [3.05, 3.63) is 82.1 Å². The molecule has 0 spiro atoms. The predicted octanol–water partition coefficient (Wildman–Crippen LogP) is 6.55. The van der Waals surface area contributed by atoms with Gasteiger partial charge in [0.05, 0.1) is 23.5 Å². The maximum Gasteiger partial charge on any atom is 0.257 e. The first kappa shape index (κ1) is 23.0. The van der Waals surface area contributed by atoms with Gasteiger partial charge in [-0.2, -0.15) is 0 Å². The van der Waals surface area contributed by atoms with Crippen LogP contribution in [-0.4, -0.2) is 23.1 Å². The van der Waals surface area contributed by atoms with E-state index in [0.29, 0.717) is 34.9 Å². The molecule has 0 aliphatic rings. The molecule has 1 atom stereocenters. The molecular weight excluding hydrogens is 456 g/mol. The number of anilines is 1. The molecule has 5 nitrogen and oxygen atoms in total. The Labute approximate surface area is 191 Å². The minimum Gasteiger partial charge on any atom is -0.457 e. The molecule has 0 saturated carbocycles. The zero-order valence-corrected chi connectivity index (χ0v) is 19.8. The first-order chi connectivity index (χ1) is 14.8. The van der Waals surface area contributed by atoms with Crippen molar-refractivity contribution in [2.45, 2.75) is 46.3 Å². The molecule has 31 heavy (non-hydrogen) atoms. The molecule has 0 bridgehead atoms. The van der Waals surface area contributed by atoms with Crippen LogP contribution in [0.25, 0.3) is 0 Å². The van der Waals surface area contributed by atoms with E-state index in [2.05, 4.69) is 26.2 Å². The third-order valence-corrected chi connectivity index (χ3v) is 5.01. The number of pyridine rings is 1. The Balaban J connectivity index is 1.67. The van der Waals surface area contributed by atoms with Gasteiger partial charge in [0.15, 0.2) is 0 Å². The van der Waals surface area contributed by atoms with Crippen molar-refractivity contribution in [1.82, 2.24) is 4.98 Å². The number of carbonyl (C=O) groups is 1. The maximum atomic E-state index is 12.8. The van der Waals surface area contributed by atoms with Crippen LogP contribution in [0, 0.1) is 6.92 Å². The molecule has 0 radical (unpaired) electrons. The number of hydrogen-bond donors (Lipinski definition) is 1. The molecule has 1 aromatic heterocycles. The van der Waals surface area contributed by atoms with Gasteiger partial charge in [-0.05, 0) is 70.2 Å². The predicted molar refractivity (Wildman–Crippen MR) is 127 cm³/mol. The van der Waals surface area contributed by atoms with Gasteiger partial charge in [-0.3, -0.25) is 9.78 Å². The number of nitrogens with zero attached hydrogens (tertiary/aromatic N) is 1. The van der Waals surface area contributed by atoms with Crippen LogP contribution in [0.15, 0.2) is 65.1 Å². The lowest BCUT2D eigenvalue weighted by Crippen LogP contribution is -2.18. The third kappa shape index (κ3) is 6.91. The Bertz CT molecular complexity index is 1050. The fourth-order valence-corrected chi connectivity index (χ4v) is 3.65. The van der Waals surface area contributed by atoms with Gasteiger partial charge in [-0.25, -0.2) is 0 Å². The molecule has 6 heteroatoms. The third-order valence-electron chi connectivity index (χ3n) is 4.51. The van der Waals surface area contributed by atoms with Crippen molar-refractivity contribution in [2.24, 2.45) is 0 Å². The fraction of sp³-hybridized carbons (Fsp3) is 0.280. The first-order valence-electron chi connectivity index (χ1n) is 10.3. The largest absolute Gasteiger partial charge is 0.457 e. The van der Waals surface area contributed by atoms with E-state index in [1.165, 1.54) is 0 Å². The van der Waals surface area contributed by atoms with E-state index in [1.807, 2.05) is 82.3 Å². The molecule has 0 fully saturated rings. The summed E-state index contributed by atoms with van der Waals surface area (Å²) in [6, 6.07) is 18.6. The summed E-state index contributed by atoms with van der Waals surface area (Å²) in [6.45, 7) is 7.91. The molecule has 1 amide bonds. The van der Waals surface area contributed by atoms with Crippen molar-refractivity contribution < 1.29 is 14.3 Å². The topological polar surface area (TPSA) is 60.5 Å². The molecule has 0 aliphatic carbocycles. The minimum atomic E-state index is -0.206. The highest BCUT2D eigenvalue weighted by Crippen LogP contribution is 2.26. The summed E-state index contributed by atoms with van der Waals surface area (Å²) >= 11 is 3.43. The standard InChI is InChI=1S/C25H27BrN2O3/c1-16(2)30-17(3)13-21-11-12-24(18(4)27-21)25(29)28-20-8-6-10-23(15-20)31-22-9-5-7-19(26)14-22/h5-12,14-17H,13H2,1-4H3,(H,28,29). The van der Waals surface area contributed by atoms with Crippen LogP contribution in [0.3, 0.4) is 0 Å². The Morgan fingerprint density at radius 2 is 1.74 bits per heavy atom. The summed E-state index contributed by atoms with van der Waals surface area (Å²) in [7, 11) is 0. The van der Waals surface area contributed by atoms with Gasteiger partial charge < -0.3 is 14.8 Å². The van der Waals surface area contributed by atoms with E-state index in [1.54, 1.807) is 6.07 Å². The highest BCUT2D eigenvalue weighted by molar-refractivity contribution is 9.10. The summed E-state index contributed by atoms with van der Waals surface area (Å²) < 4.78 is 12.6. The van der Waals surface area contributed by atoms with Gasteiger partial charge >= 0.3 is 0 Å². The van der Waals surface area contributed by atoms with Gasteiger partial charge in [0.25, 0.3) is 5.91 Å². The average molecular weight is 483 g/mol. The zero-order chi connectivity index (χ0) is 22.4. The van der Waals surface area contributed by atoms with Gasteiger partial charge in [0.2, 0.25) is 0 Å². The van der Waals surface area contributed by atoms with Crippen LogP contribution >= 0.6 is 15.9 Å². The normalized spacial score (nSPS) is 11.9. The lowest BCUT2D eigenvalue weighted by Gasteiger charge is -2.16. The second-order valence-electron chi connectivity index (χ2n) is 7.68. The highest BCUT2D eigenvalue weighted by Gasteiger charge is 2.14. The van der Waals surface area contributed by atoms with Crippen molar-refractivity contribution >= 4 is 27.5 Å². The lowest BCUT2D eigenvalue weighted by molar-refractivity contribution is 0.0190. The summed E-state index contributed by atoms with van der Waals surface area (Å²) in [5.41, 5.74) is 2.79. The van der Waals surface area contributed by atoms with Crippen molar-refractivity contribution in [3.8, 4) is 11.5 Å². The monoisotopic (exact) mass is 482 g/mol. The molecule has 3 rings (SSSR count). The smallest absolute Gasteiger partial charge is 0.257 e. The number of aryl methyl sites for hydroxylation is 1. The number of amides is 1. The molecule has 0 saturated heterocycles. The Hall–Kier alpha value is -2.70. The quantitative estimate of drug-likeness (QED) is 0.395. The van der Waals surface area contributed by atoms with Crippen molar-refractivity contribution in [3.63, 3.8) is 0 Å². The number of benzene rings is 2. The van der Waals surface area contributed by atoms with Crippen LogP contribution in [0.4, 0.5) is 5.69 Å². The zero-order valence-electron chi connectivity index (χ0n) is 18.2. The number of rotatable bonds is 8. The number of ether oxygens (including phenoxy) is 2. The highest BCUT2D eigenvalue weighted by atomic mass is 79.9. The first-order valence-corrected chi connectivity index (χ1v) is 11.1. The Kier molecular flexibility index (Phi) is 7.82. The van der Waals surface area contributed by atoms with Gasteiger partial charge in [0.1, 0.15) is 11.5 Å². The lowest BCUT2D eigenvalue weighted by atomic mass is 10.1.